The number of aromatic nitrogens is 1. The second kappa shape index (κ2) is 49.7. The van der Waals surface area contributed by atoms with E-state index in [-0.39, 0.29) is 43.5 Å². The number of nitrogen functional groups attached to an aromatic ring is 1. The molecule has 1 aromatic heterocycles. The highest BCUT2D eigenvalue weighted by molar-refractivity contribution is 6.05. The number of carboxylic acid groups (broad SMARTS) is 1. The molecule has 13 atom stereocenters. The summed E-state index contributed by atoms with van der Waals surface area (Å²) in [5.41, 5.74) is 39.8. The Kier molecular flexibility index (Phi) is 41.7. The summed E-state index contributed by atoms with van der Waals surface area (Å²) in [6.45, 7) is 2.03. The Bertz CT molecular complexity index is 4020. The van der Waals surface area contributed by atoms with Gasteiger partial charge in [0.25, 0.3) is 0 Å². The number of primary amides is 5. The number of fused-ring (bicyclic) bond motifs is 1. The molecule has 0 aliphatic heterocycles. The SMILES string of the molecule is CCCCCCCCCC(=O)N[C@@H](Cc1c[nH]c2ccccc12)C(=O)N[C@H](CC(N)=O)C(=O)N[C@@H](CC(N)=O)C(=O)N[C@H](C(=O)NCC(=O)N[C@@H](CCCN)C(=O)N[C@@H](CC(N)=O)C(=O)N[C@H](C)C(=O)N[C@@H](CC(N)=O)C(=O)NCC(=O)N[C@H](CO)C(=O)N[C@H](C(=O)N[C@@H](CC(=O)c1ccccc1N)C(=O)O)[C@H](C)CC(N)=O)[C@@H](C)O. The molecule has 3 rings (SSSR count). The fourth-order valence-corrected chi connectivity index (χ4v) is 11.5. The van der Waals surface area contributed by atoms with E-state index >= 15 is 0 Å². The molecule has 3 aromatic rings. The fraction of sp³-hybridized carbons (Fsp3) is 0.528. The van der Waals surface area contributed by atoms with Gasteiger partial charge in [-0.1, -0.05) is 82.7 Å². The van der Waals surface area contributed by atoms with E-state index in [0.29, 0.717) is 22.9 Å². The molecule has 0 saturated carbocycles. The summed E-state index contributed by atoms with van der Waals surface area (Å²) in [5.74, 6) is -24.6. The maximum absolute atomic E-state index is 14.2. The molecule has 44 nitrogen and oxygen atoms in total. The minimum atomic E-state index is -1.99. The van der Waals surface area contributed by atoms with Crippen molar-refractivity contribution >= 4 is 135 Å². The predicted molar refractivity (Wildman–Crippen MR) is 410 cm³/mol. The van der Waals surface area contributed by atoms with Crippen molar-refractivity contribution in [2.45, 2.75) is 209 Å². The number of benzene rings is 2. The van der Waals surface area contributed by atoms with Crippen LogP contribution in [0.2, 0.25) is 0 Å². The number of nitrogens with one attached hydrogen (secondary N) is 14. The van der Waals surface area contributed by atoms with Crippen LogP contribution in [-0.4, -0.2) is 237 Å². The molecule has 0 radical (unpaired) electrons. The molecule has 638 valence electrons. The van der Waals surface area contributed by atoms with Crippen LogP contribution in [0.5, 0.6) is 0 Å². The third kappa shape index (κ3) is 34.7. The van der Waals surface area contributed by atoms with Gasteiger partial charge < -0.3 is 130 Å². The molecule has 0 saturated heterocycles. The molecule has 31 N–H and O–H groups in total. The van der Waals surface area contributed by atoms with E-state index in [1.165, 1.54) is 31.2 Å². The number of rotatable bonds is 55. The number of hydrogen-bond donors (Lipinski definition) is 24. The van der Waals surface area contributed by atoms with Crippen molar-refractivity contribution in [3.8, 4) is 0 Å². The Morgan fingerprint density at radius 2 is 0.871 bits per heavy atom. The average molecular weight is 1630 g/mol. The van der Waals surface area contributed by atoms with E-state index in [1.807, 2.05) is 0 Å². The van der Waals surface area contributed by atoms with Crippen LogP contribution in [-0.2, 0) is 97.5 Å². The number of anilines is 1. The van der Waals surface area contributed by atoms with Gasteiger partial charge in [-0.3, -0.25) is 91.1 Å². The summed E-state index contributed by atoms with van der Waals surface area (Å²) in [6, 6.07) is -7.29. The Morgan fingerprint density at radius 3 is 1.40 bits per heavy atom. The van der Waals surface area contributed by atoms with Crippen molar-refractivity contribution in [1.29, 1.82) is 0 Å². The third-order valence-corrected chi connectivity index (χ3v) is 17.7. The summed E-state index contributed by atoms with van der Waals surface area (Å²) in [4.78, 5) is 267. The van der Waals surface area contributed by atoms with E-state index in [2.05, 4.69) is 81.0 Å². The maximum atomic E-state index is 14.2. The Balaban J connectivity index is 1.70. The molecular formula is C72H107N21O23. The highest BCUT2D eigenvalue weighted by Crippen LogP contribution is 2.21. The van der Waals surface area contributed by atoms with Crippen molar-refractivity contribution in [2.75, 3.05) is 32.0 Å². The Labute approximate surface area is 665 Å². The number of aliphatic hydroxyl groups is 2. The zero-order valence-electron chi connectivity index (χ0n) is 64.6. The van der Waals surface area contributed by atoms with Crippen molar-refractivity contribution in [2.24, 2.45) is 40.3 Å². The van der Waals surface area contributed by atoms with Gasteiger partial charge in [-0.25, -0.2) is 4.79 Å². The molecule has 0 fully saturated rings. The molecule has 1 heterocycles. The number of ketones is 1. The van der Waals surface area contributed by atoms with E-state index in [9.17, 15) is 111 Å². The van der Waals surface area contributed by atoms with Crippen molar-refractivity contribution in [3.63, 3.8) is 0 Å². The molecule has 2 aromatic carbocycles. The smallest absolute Gasteiger partial charge is 0.326 e. The summed E-state index contributed by atoms with van der Waals surface area (Å²) < 4.78 is 0. The van der Waals surface area contributed by atoms with Gasteiger partial charge in [-0.15, -0.1) is 0 Å². The van der Waals surface area contributed by atoms with Gasteiger partial charge in [-0.05, 0) is 69.3 Å². The quantitative estimate of drug-likeness (QED) is 0.0142. The predicted octanol–water partition coefficient (Wildman–Crippen LogP) is -8.50. The number of aromatic amines is 1. The van der Waals surface area contributed by atoms with E-state index in [1.54, 1.807) is 30.5 Å². The number of carboxylic acids is 1. The average Bonchev–Trinajstić information content (AvgIpc) is 1.68. The van der Waals surface area contributed by atoms with E-state index < -0.39 is 255 Å². The molecular weight excluding hydrogens is 1530 g/mol. The fourth-order valence-electron chi connectivity index (χ4n) is 11.5. The highest BCUT2D eigenvalue weighted by atomic mass is 16.4. The molecule has 116 heavy (non-hydrogen) atoms. The first-order valence-corrected chi connectivity index (χ1v) is 37.1. The number of aliphatic hydroxyl groups excluding tert-OH is 2. The molecule has 0 aliphatic rings. The van der Waals surface area contributed by atoms with Crippen LogP contribution >= 0.6 is 0 Å². The van der Waals surface area contributed by atoms with Gasteiger partial charge in [0.2, 0.25) is 106 Å². The topological polar surface area (TPSA) is 756 Å². The number of para-hydroxylation sites is 2. The number of H-pyrrole nitrogens is 1. The largest absolute Gasteiger partial charge is 0.480 e. The van der Waals surface area contributed by atoms with Crippen LogP contribution in [0.4, 0.5) is 5.69 Å². The standard InChI is InChI=1S/C72H107N21O23/c1-5-6-7-8-9-10-11-22-57(102)85-44(25-38-31-80-42-20-15-13-17-39(38)42)66(109)89-47(29-55(78)100)67(110)90-48(30-56(79)101)68(111)93-61(37(4)95)70(113)82-33-58(103)84-43(21-16-23-73)64(107)88-46(28-54(77)99)65(108)83-36(3)62(105)87-45(27-53(76)98)63(106)81-32-59(104)86-50(34-94)69(112)92-60(35(2)24-52(75)97)71(114)91-49(72(115)116)26-51(96)40-18-12-14-19-41(40)74/h12-15,17-20,31,35-37,43-50,60-61,80,94-95H,5-11,16,21-30,32-34,73-74H2,1-4H3,(H2,75,97)(H2,76,98)(H2,77,99)(H2,78,100)(H2,79,101)(H,81,106)(H,82,113)(H,83,108)(H,84,103)(H,85,102)(H,86,104)(H,87,105)(H,88,107)(H,89,109)(H,90,110)(H,91,114)(H,92,112)(H,93,111)(H,115,116)/t35-,36-,37-,43+,44+,45+,46+,47-,48+,49+,50-,60+,61+/m1/s1. The van der Waals surface area contributed by atoms with Gasteiger partial charge in [0.15, 0.2) is 5.78 Å². The molecule has 0 bridgehead atoms. The molecule has 44 heteroatoms. The van der Waals surface area contributed by atoms with Crippen LogP contribution in [0.25, 0.3) is 10.9 Å². The van der Waals surface area contributed by atoms with Gasteiger partial charge >= 0.3 is 5.97 Å². The number of carbonyl (C=O) groups excluding carboxylic acids is 19. The van der Waals surface area contributed by atoms with Crippen molar-refractivity contribution in [1.82, 2.24) is 74.1 Å². The third-order valence-electron chi connectivity index (χ3n) is 17.7. The zero-order valence-corrected chi connectivity index (χ0v) is 64.6. The summed E-state index contributed by atoms with van der Waals surface area (Å²) >= 11 is 0. The normalized spacial score (nSPS) is 14.3. The van der Waals surface area contributed by atoms with Gasteiger partial charge in [0.1, 0.15) is 66.5 Å². The maximum Gasteiger partial charge on any atom is 0.326 e. The first-order valence-electron chi connectivity index (χ1n) is 37.1. The molecule has 0 unspecified atom stereocenters. The van der Waals surface area contributed by atoms with Gasteiger partial charge in [-0.2, -0.15) is 0 Å². The van der Waals surface area contributed by atoms with Crippen molar-refractivity contribution in [3.05, 3.63) is 65.9 Å². The number of carbonyl (C=O) groups is 20. The first-order chi connectivity index (χ1) is 54.7. The lowest BCUT2D eigenvalue weighted by Crippen LogP contribution is -2.61. The van der Waals surface area contributed by atoms with Gasteiger partial charge in [0.05, 0.1) is 51.5 Å². The Morgan fingerprint density at radius 1 is 0.431 bits per heavy atom. The summed E-state index contributed by atoms with van der Waals surface area (Å²) in [5, 5.41) is 60.3. The van der Waals surface area contributed by atoms with Gasteiger partial charge in [0, 0.05) is 54.0 Å². The second-order valence-electron chi connectivity index (χ2n) is 27.5. The molecule has 18 amide bonds. The lowest BCUT2D eigenvalue weighted by Gasteiger charge is -2.27. The number of nitrogens with two attached hydrogens (primary N) is 7. The summed E-state index contributed by atoms with van der Waals surface area (Å²) in [7, 11) is 0. The number of hydrogen-bond acceptors (Lipinski definition) is 24. The van der Waals surface area contributed by atoms with Crippen LogP contribution in [0.3, 0.4) is 0 Å². The van der Waals surface area contributed by atoms with E-state index in [0.717, 1.165) is 52.4 Å². The summed E-state index contributed by atoms with van der Waals surface area (Å²) in [6.07, 6.45) is 0.655. The van der Waals surface area contributed by atoms with Crippen LogP contribution in [0.1, 0.15) is 146 Å². The monoisotopic (exact) mass is 1630 g/mol. The number of amides is 18. The molecule has 0 aliphatic carbocycles. The van der Waals surface area contributed by atoms with Crippen molar-refractivity contribution < 1.29 is 111 Å². The molecule has 0 spiro atoms. The zero-order chi connectivity index (χ0) is 87.1. The second-order valence-corrected chi connectivity index (χ2v) is 27.5. The van der Waals surface area contributed by atoms with Crippen LogP contribution in [0, 0.1) is 5.92 Å². The minimum Gasteiger partial charge on any atom is -0.480 e. The lowest BCUT2D eigenvalue weighted by molar-refractivity contribution is -0.142. The minimum absolute atomic E-state index is 0.000340. The Hall–Kier alpha value is -12.7. The van der Waals surface area contributed by atoms with Crippen LogP contribution in [0.15, 0.2) is 54.7 Å². The number of Topliss-reactive ketones (excluding diaryl/α,β-unsaturated/α-hetero) is 1. The highest BCUT2D eigenvalue weighted by Gasteiger charge is 2.39. The number of unbranched alkanes of at least 4 members (excludes halogenated alkanes) is 6. The lowest BCUT2D eigenvalue weighted by atomic mass is 9.95. The van der Waals surface area contributed by atoms with E-state index in [4.69, 9.17) is 40.1 Å². The van der Waals surface area contributed by atoms with Crippen LogP contribution < -0.4 is 109 Å². The first kappa shape index (κ1) is 97.5. The number of aliphatic carboxylic acids is 1.